The number of methoxy groups -OCH3 is 1. The van der Waals surface area contributed by atoms with Gasteiger partial charge in [0.05, 0.1) is 0 Å². The molecule has 1 unspecified atom stereocenters. The van der Waals surface area contributed by atoms with Crippen LogP contribution < -0.4 is 0 Å². The molecule has 0 saturated carbocycles. The molecule has 0 heterocycles. The van der Waals surface area contributed by atoms with Crippen molar-refractivity contribution in [1.29, 1.82) is 0 Å². The number of esters is 1. The maximum atomic E-state index is 10.7. The maximum absolute atomic E-state index is 10.7. The summed E-state index contributed by atoms with van der Waals surface area (Å²) in [7, 11) is 1.22. The van der Waals surface area contributed by atoms with E-state index in [1.165, 1.54) is 7.11 Å². The molecule has 2 nitrogen and oxygen atoms in total. The van der Waals surface area contributed by atoms with Crippen LogP contribution in [0.5, 0.6) is 0 Å². The van der Waals surface area contributed by atoms with Crippen molar-refractivity contribution in [2.45, 2.75) is 8.54 Å². The number of ether oxygens (including phenoxy) is 1. The van der Waals surface area contributed by atoms with E-state index in [0.29, 0.717) is 0 Å². The van der Waals surface area contributed by atoms with E-state index in [9.17, 15) is 4.79 Å². The van der Waals surface area contributed by atoms with Crippen molar-refractivity contribution in [3.05, 3.63) is 0 Å². The molecule has 10 heavy (non-hydrogen) atoms. The Morgan fingerprint density at radius 1 is 1.70 bits per heavy atom. The van der Waals surface area contributed by atoms with Crippen LogP contribution in [0.4, 0.5) is 0 Å². The van der Waals surface area contributed by atoms with Gasteiger partial charge in [-0.05, 0) is 0 Å². The van der Waals surface area contributed by atoms with Crippen LogP contribution in [0.1, 0.15) is 0 Å². The molecule has 0 aromatic rings. The van der Waals surface area contributed by atoms with Gasteiger partial charge in [0.25, 0.3) is 0 Å². The van der Waals surface area contributed by atoms with Crippen molar-refractivity contribution in [3.63, 3.8) is 0 Å². The SMILES string of the molecule is COC(=O)C(Cl)(Cl)[CH](Cl)[GeH3]. The first-order valence-corrected chi connectivity index (χ1v) is 6.14. The number of carbonyl (C=O) groups is 1. The normalized spacial score (nSPS) is 14.8. The first-order valence-electron chi connectivity index (χ1n) is 2.53. The van der Waals surface area contributed by atoms with E-state index in [2.05, 4.69) is 4.74 Å². The summed E-state index contributed by atoms with van der Waals surface area (Å²) in [6, 6.07) is 0. The molecule has 6 heteroatoms. The summed E-state index contributed by atoms with van der Waals surface area (Å²) >= 11 is 16.8. The summed E-state index contributed by atoms with van der Waals surface area (Å²) in [5.74, 6) is -0.691. The van der Waals surface area contributed by atoms with E-state index in [0.717, 1.165) is 0 Å². The van der Waals surface area contributed by atoms with Crippen LogP contribution >= 0.6 is 34.8 Å². The van der Waals surface area contributed by atoms with Gasteiger partial charge in [0.15, 0.2) is 0 Å². The van der Waals surface area contributed by atoms with Crippen molar-refractivity contribution >= 4 is 57.3 Å². The number of halogens is 3. The van der Waals surface area contributed by atoms with Crippen LogP contribution in [0.15, 0.2) is 0 Å². The summed E-state index contributed by atoms with van der Waals surface area (Å²) < 4.78 is 2.27. The zero-order valence-electron chi connectivity index (χ0n) is 5.53. The van der Waals surface area contributed by atoms with Gasteiger partial charge in [-0.3, -0.25) is 0 Å². The third kappa shape index (κ3) is 2.49. The van der Waals surface area contributed by atoms with Crippen LogP contribution in [0, 0.1) is 0 Å². The fraction of sp³-hybridized carbons (Fsp3) is 0.750. The first-order chi connectivity index (χ1) is 4.42. The minimum atomic E-state index is -1.56. The summed E-state index contributed by atoms with van der Waals surface area (Å²) in [4.78, 5) is 10.7. The van der Waals surface area contributed by atoms with Crippen molar-refractivity contribution in [3.8, 4) is 0 Å². The fourth-order valence-corrected chi connectivity index (χ4v) is 1.04. The third-order valence-corrected chi connectivity index (χ3v) is 5.82. The van der Waals surface area contributed by atoms with E-state index in [1.54, 1.807) is 0 Å². The second-order valence-electron chi connectivity index (χ2n) is 1.73. The molecule has 0 aromatic carbocycles. The molecule has 0 rings (SSSR count). The Bertz CT molecular complexity index is 136. The van der Waals surface area contributed by atoms with Gasteiger partial charge < -0.3 is 0 Å². The van der Waals surface area contributed by atoms with Crippen LogP contribution in [-0.4, -0.2) is 38.1 Å². The average molecular weight is 266 g/mol. The molecular weight excluding hydrogens is 259 g/mol. The van der Waals surface area contributed by atoms with E-state index in [1.807, 2.05) is 0 Å². The van der Waals surface area contributed by atoms with E-state index >= 15 is 0 Å². The summed E-state index contributed by atoms with van der Waals surface area (Å²) in [5, 5.41) is 0. The number of rotatable bonds is 2. The van der Waals surface area contributed by atoms with Crippen molar-refractivity contribution in [1.82, 2.24) is 0 Å². The number of alkyl halides is 3. The second-order valence-corrected chi connectivity index (χ2v) is 7.73. The third-order valence-electron chi connectivity index (χ3n) is 0.957. The molecule has 0 aliphatic carbocycles. The van der Waals surface area contributed by atoms with Gasteiger partial charge in [0, 0.05) is 0 Å². The average Bonchev–Trinajstić information content (AvgIpc) is 1.86. The van der Waals surface area contributed by atoms with Gasteiger partial charge in [-0.15, -0.1) is 0 Å². The predicted molar refractivity (Wildman–Crippen MR) is 46.0 cm³/mol. The van der Waals surface area contributed by atoms with Gasteiger partial charge in [0.2, 0.25) is 0 Å². The van der Waals surface area contributed by atoms with Crippen LogP contribution in [0.3, 0.4) is 0 Å². The Hall–Kier alpha value is 0.883. The Kier molecular flexibility index (Phi) is 4.40. The van der Waals surface area contributed by atoms with Crippen molar-refractivity contribution in [2.24, 2.45) is 0 Å². The van der Waals surface area contributed by atoms with Crippen molar-refractivity contribution in [2.75, 3.05) is 7.11 Å². The van der Waals surface area contributed by atoms with Crippen LogP contribution in [0.2, 0.25) is 0 Å². The first kappa shape index (κ1) is 10.9. The van der Waals surface area contributed by atoms with Gasteiger partial charge >= 0.3 is 82.5 Å². The monoisotopic (exact) mass is 266 g/mol. The molecular formula is C4H7Cl3GeO2. The number of hydrogen-bond donors (Lipinski definition) is 0. The summed E-state index contributed by atoms with van der Waals surface area (Å²) in [6.07, 6.45) is 0. The number of carbonyl (C=O) groups excluding carboxylic acids is 1. The molecule has 0 saturated heterocycles. The Morgan fingerprint density at radius 3 is 2.20 bits per heavy atom. The quantitative estimate of drug-likeness (QED) is 0.407. The van der Waals surface area contributed by atoms with Crippen LogP contribution in [-0.2, 0) is 9.53 Å². The van der Waals surface area contributed by atoms with Crippen molar-refractivity contribution < 1.29 is 9.53 Å². The van der Waals surface area contributed by atoms with E-state index in [-0.39, 0.29) is 16.5 Å². The molecule has 1 atom stereocenters. The van der Waals surface area contributed by atoms with Gasteiger partial charge in [-0.2, -0.15) is 0 Å². The molecule has 0 aliphatic heterocycles. The Balaban J connectivity index is 4.24. The molecule has 0 aliphatic rings. The molecule has 0 N–H and O–H groups in total. The fourth-order valence-electron chi connectivity index (χ4n) is 0.298. The predicted octanol–water partition coefficient (Wildman–Crippen LogP) is 0.264. The minimum absolute atomic E-state index is 0.187. The topological polar surface area (TPSA) is 26.3 Å². The van der Waals surface area contributed by atoms with Crippen LogP contribution in [0.25, 0.3) is 0 Å². The van der Waals surface area contributed by atoms with E-state index in [4.69, 9.17) is 34.8 Å². The molecule has 60 valence electrons. The summed E-state index contributed by atoms with van der Waals surface area (Å²) in [6.45, 7) is 0. The second kappa shape index (κ2) is 4.05. The standard InChI is InChI=1S/C4H7Cl3GeO2/c1-10-3(9)4(6,7)2(5)8/h2H,1,8H3. The molecule has 0 bridgehead atoms. The molecule has 0 radical (unpaired) electrons. The zero-order chi connectivity index (χ0) is 8.36. The molecule has 0 aromatic heterocycles. The molecule has 0 fully saturated rings. The summed E-state index contributed by atoms with van der Waals surface area (Å²) in [5.41, 5.74) is 0. The zero-order valence-corrected chi connectivity index (χ0v) is 12.0. The molecule has 0 amide bonds. The Labute approximate surface area is 82.4 Å². The van der Waals surface area contributed by atoms with Gasteiger partial charge in [-0.1, -0.05) is 0 Å². The van der Waals surface area contributed by atoms with E-state index < -0.39 is 14.5 Å². The number of hydrogen-bond acceptors (Lipinski definition) is 2. The Morgan fingerprint density at radius 2 is 2.10 bits per heavy atom. The van der Waals surface area contributed by atoms with Gasteiger partial charge in [-0.25, -0.2) is 0 Å². The van der Waals surface area contributed by atoms with Gasteiger partial charge in [0.1, 0.15) is 0 Å². The molecule has 0 spiro atoms.